The lowest BCUT2D eigenvalue weighted by molar-refractivity contribution is 0.0694. The molecule has 1 aromatic carbocycles. The van der Waals surface area contributed by atoms with Crippen LogP contribution in [-0.4, -0.2) is 15.6 Å². The van der Waals surface area contributed by atoms with E-state index in [1.807, 2.05) is 0 Å². The van der Waals surface area contributed by atoms with E-state index in [1.165, 1.54) is 29.8 Å². The Hall–Kier alpha value is -2.17. The molecule has 1 N–H and O–H groups in total. The molecule has 0 aliphatic carbocycles. The number of aromatic nitrogens is 1. The molecule has 0 unspecified atom stereocenters. The van der Waals surface area contributed by atoms with Gasteiger partial charge in [0.15, 0.2) is 0 Å². The molecule has 2 aromatic rings. The molecule has 1 heterocycles. The van der Waals surface area contributed by atoms with E-state index in [1.54, 1.807) is 0 Å². The maximum absolute atomic E-state index is 13.3. The first-order valence-corrected chi connectivity index (χ1v) is 4.54. The largest absolute Gasteiger partial charge is 0.478 e. The quantitative estimate of drug-likeness (QED) is 0.791. The van der Waals surface area contributed by atoms with E-state index in [4.69, 9.17) is 5.11 Å². The van der Waals surface area contributed by atoms with Gasteiger partial charge in [0.25, 0.3) is 5.56 Å². The fourth-order valence-corrected chi connectivity index (χ4v) is 1.65. The zero-order valence-corrected chi connectivity index (χ0v) is 8.40. The first-order chi connectivity index (χ1) is 7.52. The van der Waals surface area contributed by atoms with Crippen LogP contribution in [0.4, 0.5) is 4.39 Å². The summed E-state index contributed by atoms with van der Waals surface area (Å²) in [6.07, 6.45) is 0. The first-order valence-electron chi connectivity index (χ1n) is 4.54. The summed E-state index contributed by atoms with van der Waals surface area (Å²) >= 11 is 0. The lowest BCUT2D eigenvalue weighted by Gasteiger charge is -2.07. The molecule has 0 saturated carbocycles. The molecule has 0 amide bonds. The van der Waals surface area contributed by atoms with Gasteiger partial charge in [-0.3, -0.25) is 4.79 Å². The highest BCUT2D eigenvalue weighted by atomic mass is 19.1. The third kappa shape index (κ3) is 1.37. The highest BCUT2D eigenvalue weighted by molar-refractivity contribution is 6.02. The molecule has 0 bridgehead atoms. The monoisotopic (exact) mass is 221 g/mol. The summed E-state index contributed by atoms with van der Waals surface area (Å²) in [6, 6.07) is 4.97. The molecule has 0 fully saturated rings. The second kappa shape index (κ2) is 3.44. The lowest BCUT2D eigenvalue weighted by atomic mass is 10.1. The molecule has 0 aliphatic heterocycles. The molecule has 0 atom stereocenters. The average Bonchev–Trinajstić information content (AvgIpc) is 2.22. The molecular formula is C11H8FNO3. The lowest BCUT2D eigenvalue weighted by Crippen LogP contribution is -2.16. The van der Waals surface area contributed by atoms with Gasteiger partial charge in [-0.2, -0.15) is 0 Å². The molecule has 5 heteroatoms. The van der Waals surface area contributed by atoms with Gasteiger partial charge in [0, 0.05) is 18.5 Å². The summed E-state index contributed by atoms with van der Waals surface area (Å²) in [7, 11) is 1.51. The van der Waals surface area contributed by atoms with Crippen LogP contribution in [0.2, 0.25) is 0 Å². The molecule has 4 nitrogen and oxygen atoms in total. The van der Waals surface area contributed by atoms with E-state index in [0.717, 1.165) is 6.07 Å². The van der Waals surface area contributed by atoms with Crippen LogP contribution < -0.4 is 5.56 Å². The SMILES string of the molecule is Cn1c(=O)ccc2c(C(=O)O)c(F)ccc21. The topological polar surface area (TPSA) is 59.3 Å². The summed E-state index contributed by atoms with van der Waals surface area (Å²) in [6.45, 7) is 0. The van der Waals surface area contributed by atoms with E-state index >= 15 is 0 Å². The van der Waals surface area contributed by atoms with Gasteiger partial charge in [-0.05, 0) is 18.2 Å². The molecule has 0 saturated heterocycles. The zero-order valence-electron chi connectivity index (χ0n) is 8.40. The van der Waals surface area contributed by atoms with Crippen molar-refractivity contribution in [2.45, 2.75) is 0 Å². The van der Waals surface area contributed by atoms with Crippen molar-refractivity contribution in [2.75, 3.05) is 0 Å². The Kier molecular flexibility index (Phi) is 2.23. The first kappa shape index (κ1) is 10.4. The van der Waals surface area contributed by atoms with Gasteiger partial charge >= 0.3 is 5.97 Å². The molecule has 1 aromatic heterocycles. The normalized spacial score (nSPS) is 10.6. The number of halogens is 1. The number of hydrogen-bond acceptors (Lipinski definition) is 2. The number of fused-ring (bicyclic) bond motifs is 1. The Morgan fingerprint density at radius 1 is 1.31 bits per heavy atom. The zero-order chi connectivity index (χ0) is 11.9. The predicted molar refractivity (Wildman–Crippen MR) is 56.1 cm³/mol. The molecule has 0 aliphatic rings. The third-order valence-electron chi connectivity index (χ3n) is 2.47. The Balaban J connectivity index is 3.01. The van der Waals surface area contributed by atoms with Crippen molar-refractivity contribution < 1.29 is 14.3 Å². The number of carboxylic acids is 1. The van der Waals surface area contributed by atoms with Crippen molar-refractivity contribution in [3.05, 3.63) is 46.0 Å². The molecule has 82 valence electrons. The average molecular weight is 221 g/mol. The summed E-state index contributed by atoms with van der Waals surface area (Å²) < 4.78 is 14.6. The second-order valence-corrected chi connectivity index (χ2v) is 3.39. The van der Waals surface area contributed by atoms with Crippen molar-refractivity contribution in [3.8, 4) is 0 Å². The van der Waals surface area contributed by atoms with Crippen molar-refractivity contribution in [2.24, 2.45) is 7.05 Å². The summed E-state index contributed by atoms with van der Waals surface area (Å²) in [5.74, 6) is -2.15. The number of benzene rings is 1. The molecule has 2 rings (SSSR count). The maximum atomic E-state index is 13.3. The number of aromatic carboxylic acids is 1. The Bertz CT molecular complexity index is 645. The third-order valence-corrected chi connectivity index (χ3v) is 2.47. The number of carboxylic acid groups (broad SMARTS) is 1. The molecule has 16 heavy (non-hydrogen) atoms. The van der Waals surface area contributed by atoms with E-state index in [2.05, 4.69) is 0 Å². The Morgan fingerprint density at radius 3 is 2.62 bits per heavy atom. The fraction of sp³-hybridized carbons (Fsp3) is 0.0909. The van der Waals surface area contributed by atoms with Gasteiger partial charge in [-0.25, -0.2) is 9.18 Å². The number of pyridine rings is 1. The molecule has 0 spiro atoms. The van der Waals surface area contributed by atoms with Crippen molar-refractivity contribution >= 4 is 16.9 Å². The maximum Gasteiger partial charge on any atom is 0.339 e. The fourth-order valence-electron chi connectivity index (χ4n) is 1.65. The summed E-state index contributed by atoms with van der Waals surface area (Å²) in [5.41, 5.74) is -0.283. The van der Waals surface area contributed by atoms with Crippen LogP contribution >= 0.6 is 0 Å². The van der Waals surface area contributed by atoms with Crippen molar-refractivity contribution in [1.82, 2.24) is 4.57 Å². The van der Waals surface area contributed by atoms with Crippen LogP contribution in [0.1, 0.15) is 10.4 Å². The highest BCUT2D eigenvalue weighted by Crippen LogP contribution is 2.19. The number of carbonyl (C=O) groups is 1. The standard InChI is InChI=1S/C11H8FNO3/c1-13-8-4-3-7(12)10(11(15)16)6(8)2-5-9(13)14/h2-5H,1H3,(H,15,16). The van der Waals surface area contributed by atoms with E-state index in [0.29, 0.717) is 5.52 Å². The van der Waals surface area contributed by atoms with E-state index in [-0.39, 0.29) is 10.9 Å². The van der Waals surface area contributed by atoms with Crippen LogP contribution in [0.15, 0.2) is 29.1 Å². The highest BCUT2D eigenvalue weighted by Gasteiger charge is 2.15. The minimum atomic E-state index is -1.35. The minimum absolute atomic E-state index is 0.217. The molecular weight excluding hydrogens is 213 g/mol. The van der Waals surface area contributed by atoms with Crippen LogP contribution in [0.5, 0.6) is 0 Å². The van der Waals surface area contributed by atoms with Gasteiger partial charge in [0.2, 0.25) is 0 Å². The number of aryl methyl sites for hydroxylation is 1. The summed E-state index contributed by atoms with van der Waals surface area (Å²) in [4.78, 5) is 22.2. The van der Waals surface area contributed by atoms with Crippen molar-refractivity contribution in [3.63, 3.8) is 0 Å². The number of rotatable bonds is 1. The summed E-state index contributed by atoms with van der Waals surface area (Å²) in [5, 5.41) is 9.11. The van der Waals surface area contributed by atoms with Crippen LogP contribution in [0, 0.1) is 5.82 Å². The number of hydrogen-bond donors (Lipinski definition) is 1. The van der Waals surface area contributed by atoms with E-state index < -0.39 is 17.3 Å². The Morgan fingerprint density at radius 2 is 2.00 bits per heavy atom. The van der Waals surface area contributed by atoms with Gasteiger partial charge in [0.05, 0.1) is 5.52 Å². The van der Waals surface area contributed by atoms with Gasteiger partial charge in [0.1, 0.15) is 11.4 Å². The van der Waals surface area contributed by atoms with E-state index in [9.17, 15) is 14.0 Å². The minimum Gasteiger partial charge on any atom is -0.478 e. The van der Waals surface area contributed by atoms with Gasteiger partial charge < -0.3 is 9.67 Å². The Labute approximate surface area is 89.6 Å². The van der Waals surface area contributed by atoms with Crippen LogP contribution in [0.25, 0.3) is 10.9 Å². The number of nitrogens with zero attached hydrogens (tertiary/aromatic N) is 1. The molecule has 0 radical (unpaired) electrons. The van der Waals surface area contributed by atoms with Gasteiger partial charge in [-0.15, -0.1) is 0 Å². The van der Waals surface area contributed by atoms with Crippen LogP contribution in [-0.2, 0) is 7.05 Å². The van der Waals surface area contributed by atoms with Crippen molar-refractivity contribution in [1.29, 1.82) is 0 Å². The second-order valence-electron chi connectivity index (χ2n) is 3.39. The van der Waals surface area contributed by atoms with Gasteiger partial charge in [-0.1, -0.05) is 0 Å². The predicted octanol–water partition coefficient (Wildman–Crippen LogP) is 1.38. The smallest absolute Gasteiger partial charge is 0.339 e. The van der Waals surface area contributed by atoms with Crippen LogP contribution in [0.3, 0.4) is 0 Å².